The molecule has 2 amide bonds. The second kappa shape index (κ2) is 8.49. The van der Waals surface area contributed by atoms with Crippen molar-refractivity contribution in [3.8, 4) is 10.4 Å². The maximum absolute atomic E-state index is 12.0. The van der Waals surface area contributed by atoms with Gasteiger partial charge in [0.25, 0.3) is 0 Å². The molecule has 0 saturated carbocycles. The summed E-state index contributed by atoms with van der Waals surface area (Å²) >= 11 is 1.70. The van der Waals surface area contributed by atoms with Crippen molar-refractivity contribution >= 4 is 23.1 Å². The summed E-state index contributed by atoms with van der Waals surface area (Å²) in [5.41, 5.74) is 4.01. The van der Waals surface area contributed by atoms with E-state index in [9.17, 15) is 4.79 Å². The van der Waals surface area contributed by atoms with E-state index in [0.717, 1.165) is 28.2 Å². The number of hydrogen-bond donors (Lipinski definition) is 3. The Morgan fingerprint density at radius 3 is 2.57 bits per heavy atom. The Hall–Kier alpha value is -3.45. The quantitative estimate of drug-likeness (QED) is 0.456. The minimum absolute atomic E-state index is 0.249. The molecule has 0 atom stereocenters. The maximum atomic E-state index is 12.0. The number of urea groups is 1. The number of thiazole rings is 1. The van der Waals surface area contributed by atoms with Crippen LogP contribution in [0, 0.1) is 0 Å². The smallest absolute Gasteiger partial charge is 0.319 e. The van der Waals surface area contributed by atoms with E-state index in [1.54, 1.807) is 23.7 Å². The van der Waals surface area contributed by atoms with Crippen LogP contribution in [0.2, 0.25) is 0 Å². The zero-order valence-electron chi connectivity index (χ0n) is 15.1. The van der Waals surface area contributed by atoms with Crippen LogP contribution < -0.4 is 10.6 Å². The Labute approximate surface area is 166 Å². The number of hydrogen-bond acceptors (Lipinski definition) is 4. The van der Waals surface area contributed by atoms with Gasteiger partial charge in [-0.05, 0) is 23.3 Å². The van der Waals surface area contributed by atoms with Crippen LogP contribution in [0.3, 0.4) is 0 Å². The summed E-state index contributed by atoms with van der Waals surface area (Å²) < 4.78 is 0. The molecular formula is C21H19N5OS. The van der Waals surface area contributed by atoms with E-state index >= 15 is 0 Å². The van der Waals surface area contributed by atoms with Crippen molar-refractivity contribution in [1.29, 1.82) is 0 Å². The van der Waals surface area contributed by atoms with Gasteiger partial charge < -0.3 is 10.6 Å². The van der Waals surface area contributed by atoms with E-state index in [4.69, 9.17) is 0 Å². The maximum Gasteiger partial charge on any atom is 0.319 e. The Bertz CT molecular complexity index is 1030. The number of nitrogens with one attached hydrogen (secondary N) is 3. The lowest BCUT2D eigenvalue weighted by molar-refractivity contribution is 0.251. The molecule has 0 spiro atoms. The van der Waals surface area contributed by atoms with Crippen molar-refractivity contribution < 1.29 is 4.79 Å². The first-order valence-corrected chi connectivity index (χ1v) is 9.69. The highest BCUT2D eigenvalue weighted by Crippen LogP contribution is 2.27. The van der Waals surface area contributed by atoms with Gasteiger partial charge in [-0.1, -0.05) is 42.5 Å². The Kier molecular flexibility index (Phi) is 5.44. The number of carbonyl (C=O) groups is 1. The van der Waals surface area contributed by atoms with Gasteiger partial charge in [0, 0.05) is 36.6 Å². The summed E-state index contributed by atoms with van der Waals surface area (Å²) in [7, 11) is 0. The molecule has 0 aliphatic heterocycles. The third-order valence-electron chi connectivity index (χ3n) is 4.19. The van der Waals surface area contributed by atoms with Gasteiger partial charge in [-0.2, -0.15) is 5.10 Å². The zero-order chi connectivity index (χ0) is 19.2. The molecule has 6 nitrogen and oxygen atoms in total. The molecule has 0 radical (unpaired) electrons. The van der Waals surface area contributed by atoms with Gasteiger partial charge in [-0.25, -0.2) is 9.78 Å². The summed E-state index contributed by atoms with van der Waals surface area (Å²) in [6.07, 6.45) is 6.12. The largest absolute Gasteiger partial charge is 0.334 e. The minimum atomic E-state index is -0.249. The number of aromatic amines is 1. The summed E-state index contributed by atoms with van der Waals surface area (Å²) in [5, 5.41) is 13.2. The predicted molar refractivity (Wildman–Crippen MR) is 111 cm³/mol. The number of rotatable bonds is 6. The molecule has 2 aromatic heterocycles. The van der Waals surface area contributed by atoms with Crippen LogP contribution in [-0.4, -0.2) is 21.2 Å². The van der Waals surface area contributed by atoms with E-state index in [-0.39, 0.29) is 6.03 Å². The summed E-state index contributed by atoms with van der Waals surface area (Å²) in [6.45, 7) is 0.425. The van der Waals surface area contributed by atoms with E-state index in [0.29, 0.717) is 6.54 Å². The Morgan fingerprint density at radius 1 is 1.00 bits per heavy atom. The number of aromatic nitrogens is 3. The number of carbonyl (C=O) groups excluding carboxylic acids is 1. The number of H-pyrrole nitrogens is 1. The fraction of sp³-hybridized carbons (Fsp3) is 0.0952. The lowest BCUT2D eigenvalue weighted by Crippen LogP contribution is -2.27. The van der Waals surface area contributed by atoms with E-state index < -0.39 is 0 Å². The molecule has 3 N–H and O–H groups in total. The number of amides is 2. The zero-order valence-corrected chi connectivity index (χ0v) is 15.9. The molecule has 7 heteroatoms. The first kappa shape index (κ1) is 17.9. The van der Waals surface area contributed by atoms with E-state index in [1.807, 2.05) is 48.7 Å². The van der Waals surface area contributed by atoms with Gasteiger partial charge >= 0.3 is 6.03 Å². The molecule has 0 bridgehead atoms. The van der Waals surface area contributed by atoms with Crippen LogP contribution in [0.5, 0.6) is 0 Å². The van der Waals surface area contributed by atoms with Gasteiger partial charge in [0.15, 0.2) is 0 Å². The molecule has 0 aliphatic carbocycles. The van der Waals surface area contributed by atoms with Crippen molar-refractivity contribution in [2.75, 3.05) is 5.32 Å². The molecule has 0 fully saturated rings. The minimum Gasteiger partial charge on any atom is -0.334 e. The van der Waals surface area contributed by atoms with Crippen LogP contribution in [0.1, 0.15) is 16.1 Å². The van der Waals surface area contributed by atoms with Gasteiger partial charge in [0.05, 0.1) is 16.1 Å². The highest BCUT2D eigenvalue weighted by atomic mass is 32.1. The third kappa shape index (κ3) is 4.63. The first-order chi connectivity index (χ1) is 13.8. The van der Waals surface area contributed by atoms with Crippen molar-refractivity contribution in [3.63, 3.8) is 0 Å². The highest BCUT2D eigenvalue weighted by molar-refractivity contribution is 7.15. The van der Waals surface area contributed by atoms with Crippen LogP contribution in [0.15, 0.2) is 73.2 Å². The summed E-state index contributed by atoms with van der Waals surface area (Å²) in [5.74, 6) is 0. The lowest BCUT2D eigenvalue weighted by Gasteiger charge is -2.07. The van der Waals surface area contributed by atoms with E-state index in [1.165, 1.54) is 10.4 Å². The molecule has 0 aliphatic rings. The molecule has 4 aromatic rings. The molecule has 140 valence electrons. The van der Waals surface area contributed by atoms with Crippen molar-refractivity contribution in [2.45, 2.75) is 13.0 Å². The Balaban J connectivity index is 1.32. The van der Waals surface area contributed by atoms with Gasteiger partial charge in [-0.15, -0.1) is 11.3 Å². The second-order valence-electron chi connectivity index (χ2n) is 6.27. The number of benzene rings is 2. The highest BCUT2D eigenvalue weighted by Gasteiger charge is 2.06. The first-order valence-electron chi connectivity index (χ1n) is 8.88. The van der Waals surface area contributed by atoms with Crippen molar-refractivity contribution in [3.05, 3.63) is 89.3 Å². The summed E-state index contributed by atoms with van der Waals surface area (Å²) in [6, 6.07) is 17.8. The fourth-order valence-electron chi connectivity index (χ4n) is 2.74. The van der Waals surface area contributed by atoms with Crippen LogP contribution in [-0.2, 0) is 13.0 Å². The van der Waals surface area contributed by atoms with Crippen LogP contribution >= 0.6 is 11.3 Å². The third-order valence-corrected chi connectivity index (χ3v) is 5.23. The SMILES string of the molecule is O=C(NCc1cn[nH]c1)Nc1ccc(Cc2ncc(-c3ccccc3)s2)cc1. The molecule has 28 heavy (non-hydrogen) atoms. The molecular weight excluding hydrogens is 370 g/mol. The fourth-order valence-corrected chi connectivity index (χ4v) is 3.70. The number of nitrogens with zero attached hydrogens (tertiary/aromatic N) is 2. The monoisotopic (exact) mass is 389 g/mol. The Morgan fingerprint density at radius 2 is 1.82 bits per heavy atom. The average molecular weight is 389 g/mol. The normalized spacial score (nSPS) is 10.6. The standard InChI is InChI=1S/C21H19N5OS/c27-21(23-11-16-12-24-25-13-16)26-18-8-6-15(7-9-18)10-20-22-14-19(28-20)17-4-2-1-3-5-17/h1-9,12-14H,10-11H2,(H,24,25)(H2,23,26,27). The lowest BCUT2D eigenvalue weighted by atomic mass is 10.1. The molecule has 2 aromatic carbocycles. The molecule has 2 heterocycles. The van der Waals surface area contributed by atoms with Crippen molar-refractivity contribution in [1.82, 2.24) is 20.5 Å². The average Bonchev–Trinajstić information content (AvgIpc) is 3.41. The van der Waals surface area contributed by atoms with E-state index in [2.05, 4.69) is 37.9 Å². The number of anilines is 1. The summed E-state index contributed by atoms with van der Waals surface area (Å²) in [4.78, 5) is 17.7. The van der Waals surface area contributed by atoms with Gasteiger partial charge in [0.1, 0.15) is 0 Å². The molecule has 0 saturated heterocycles. The second-order valence-corrected chi connectivity index (χ2v) is 7.39. The van der Waals surface area contributed by atoms with Gasteiger partial charge in [0.2, 0.25) is 0 Å². The molecule has 0 unspecified atom stereocenters. The van der Waals surface area contributed by atoms with Crippen molar-refractivity contribution in [2.24, 2.45) is 0 Å². The van der Waals surface area contributed by atoms with Crippen LogP contribution in [0.4, 0.5) is 10.5 Å². The van der Waals surface area contributed by atoms with Gasteiger partial charge in [-0.3, -0.25) is 5.10 Å². The molecule has 4 rings (SSSR count). The topological polar surface area (TPSA) is 82.7 Å². The predicted octanol–water partition coefficient (Wildman–Crippen LogP) is 4.45. The van der Waals surface area contributed by atoms with Crippen LogP contribution in [0.25, 0.3) is 10.4 Å².